The third-order valence-electron chi connectivity index (χ3n) is 8.45. The topological polar surface area (TPSA) is 95.3 Å². The lowest BCUT2D eigenvalue weighted by molar-refractivity contribution is -0.135. The number of carbonyl (C=O) groups excluding carboxylic acids is 2. The molecule has 0 spiro atoms. The number of pyridine rings is 1. The van der Waals surface area contributed by atoms with Crippen molar-refractivity contribution in [3.05, 3.63) is 59.8 Å². The quantitative estimate of drug-likeness (QED) is 0.510. The van der Waals surface area contributed by atoms with Gasteiger partial charge in [-0.1, -0.05) is 6.08 Å². The average Bonchev–Trinajstić information content (AvgIpc) is 3.67. The number of fused-ring (bicyclic) bond motifs is 1. The lowest BCUT2D eigenvalue weighted by Crippen LogP contribution is -2.44. The van der Waals surface area contributed by atoms with Gasteiger partial charge in [0.1, 0.15) is 0 Å². The molecule has 0 radical (unpaired) electrons. The van der Waals surface area contributed by atoms with Gasteiger partial charge < -0.3 is 24.8 Å². The molecule has 5 heterocycles. The summed E-state index contributed by atoms with van der Waals surface area (Å²) < 4.78 is 7.18. The zero-order valence-electron chi connectivity index (χ0n) is 23.3. The lowest BCUT2D eigenvalue weighted by Gasteiger charge is -2.35. The van der Waals surface area contributed by atoms with E-state index in [-0.39, 0.29) is 23.8 Å². The van der Waals surface area contributed by atoms with Crippen LogP contribution in [0.5, 0.6) is 0 Å². The van der Waals surface area contributed by atoms with Crippen LogP contribution < -0.4 is 5.32 Å². The van der Waals surface area contributed by atoms with Gasteiger partial charge in [-0.15, -0.1) is 5.10 Å². The number of nitrogens with one attached hydrogen (secondary N) is 1. The molecule has 0 saturated carbocycles. The summed E-state index contributed by atoms with van der Waals surface area (Å²) in [5.74, 6) is 0.732. The van der Waals surface area contributed by atoms with Gasteiger partial charge in [0.2, 0.25) is 11.9 Å². The van der Waals surface area contributed by atoms with E-state index in [1.165, 1.54) is 5.57 Å². The summed E-state index contributed by atoms with van der Waals surface area (Å²) in [4.78, 5) is 36.7. The number of hydrogen-bond donors (Lipinski definition) is 1. The minimum atomic E-state index is -0.00390. The summed E-state index contributed by atoms with van der Waals surface area (Å²) in [6.07, 6.45) is 7.61. The minimum Gasteiger partial charge on any atom is -0.381 e. The van der Waals surface area contributed by atoms with Gasteiger partial charge in [-0.25, -0.2) is 4.52 Å². The van der Waals surface area contributed by atoms with Crippen molar-refractivity contribution in [1.82, 2.24) is 29.3 Å². The van der Waals surface area contributed by atoms with Crippen molar-refractivity contribution in [1.29, 1.82) is 0 Å². The Morgan fingerprint density at radius 1 is 1.07 bits per heavy atom. The predicted octanol–water partition coefficient (Wildman–Crippen LogP) is 3.29. The van der Waals surface area contributed by atoms with Gasteiger partial charge in [0.05, 0.1) is 12.5 Å². The second kappa shape index (κ2) is 11.4. The summed E-state index contributed by atoms with van der Waals surface area (Å²) in [7, 11) is 4.03. The number of anilines is 2. The van der Waals surface area contributed by atoms with Crippen molar-refractivity contribution in [2.75, 3.05) is 58.8 Å². The Morgan fingerprint density at radius 2 is 1.88 bits per heavy atom. The molecule has 3 aliphatic heterocycles. The van der Waals surface area contributed by atoms with Crippen molar-refractivity contribution in [3.63, 3.8) is 0 Å². The molecule has 2 aromatic heterocycles. The largest absolute Gasteiger partial charge is 0.381 e. The van der Waals surface area contributed by atoms with Crippen LogP contribution in [0, 0.1) is 5.92 Å². The van der Waals surface area contributed by atoms with Crippen LogP contribution in [-0.4, -0.2) is 101 Å². The van der Waals surface area contributed by atoms with E-state index >= 15 is 0 Å². The fraction of sp³-hybridized carbons (Fsp3) is 0.467. The standard InChI is InChI=1S/C30H37N7O3/c1-34-15-11-25(12-16-34)35(2)28(38)22-5-7-24(8-6-22)31-30-32-27-26(4-3-14-37(27)33-30)21-9-17-36(18-10-21)29(39)23-13-19-40-20-23/h3-9,14,23,25H,10-13,15-20H2,1-2H3,(H,31,33). The molecule has 1 atom stereocenters. The fourth-order valence-electron chi connectivity index (χ4n) is 5.89. The molecule has 3 aliphatic rings. The number of hydrogen-bond acceptors (Lipinski definition) is 7. The van der Waals surface area contributed by atoms with E-state index in [2.05, 4.69) is 34.5 Å². The van der Waals surface area contributed by atoms with Crippen LogP contribution in [0.3, 0.4) is 0 Å². The van der Waals surface area contributed by atoms with Crippen LogP contribution in [0.1, 0.15) is 41.6 Å². The van der Waals surface area contributed by atoms with Crippen molar-refractivity contribution >= 4 is 34.7 Å². The Kier molecular flexibility index (Phi) is 7.53. The maximum Gasteiger partial charge on any atom is 0.253 e. The number of aromatic nitrogens is 3. The number of amides is 2. The molecular weight excluding hydrogens is 506 g/mol. The van der Waals surface area contributed by atoms with Crippen LogP contribution in [0.25, 0.3) is 11.2 Å². The number of ether oxygens (including phenoxy) is 1. The maximum absolute atomic E-state index is 13.1. The normalized spacial score (nSPS) is 20.5. The first-order valence-corrected chi connectivity index (χ1v) is 14.2. The molecule has 3 aromatic rings. The van der Waals surface area contributed by atoms with E-state index < -0.39 is 0 Å². The molecule has 40 heavy (non-hydrogen) atoms. The molecule has 10 heteroatoms. The Labute approximate surface area is 234 Å². The van der Waals surface area contributed by atoms with Gasteiger partial charge in [-0.3, -0.25) is 9.59 Å². The molecule has 2 fully saturated rings. The molecule has 210 valence electrons. The van der Waals surface area contributed by atoms with Gasteiger partial charge in [-0.05, 0) is 87.8 Å². The van der Waals surface area contributed by atoms with Crippen LogP contribution in [-0.2, 0) is 9.53 Å². The first kappa shape index (κ1) is 26.5. The Morgan fingerprint density at radius 3 is 2.58 bits per heavy atom. The van der Waals surface area contributed by atoms with Crippen molar-refractivity contribution in [2.24, 2.45) is 5.92 Å². The van der Waals surface area contributed by atoms with E-state index in [0.717, 1.165) is 55.7 Å². The number of carbonyl (C=O) groups is 2. The first-order valence-electron chi connectivity index (χ1n) is 14.2. The zero-order chi connectivity index (χ0) is 27.6. The Balaban J connectivity index is 1.12. The summed E-state index contributed by atoms with van der Waals surface area (Å²) >= 11 is 0. The van der Waals surface area contributed by atoms with Gasteiger partial charge in [-0.2, -0.15) is 4.98 Å². The monoisotopic (exact) mass is 543 g/mol. The highest BCUT2D eigenvalue weighted by Crippen LogP contribution is 2.28. The highest BCUT2D eigenvalue weighted by atomic mass is 16.5. The predicted molar refractivity (Wildman–Crippen MR) is 153 cm³/mol. The van der Waals surface area contributed by atoms with Crippen LogP contribution >= 0.6 is 0 Å². The molecule has 1 aromatic carbocycles. The number of piperidine rings is 1. The van der Waals surface area contributed by atoms with Crippen molar-refractivity contribution in [2.45, 2.75) is 31.7 Å². The van der Waals surface area contributed by atoms with Gasteiger partial charge in [0, 0.05) is 55.8 Å². The highest BCUT2D eigenvalue weighted by Gasteiger charge is 2.29. The summed E-state index contributed by atoms with van der Waals surface area (Å²) in [6.45, 7) is 4.54. The Bertz CT molecular complexity index is 1400. The third-order valence-corrected chi connectivity index (χ3v) is 8.45. The smallest absolute Gasteiger partial charge is 0.253 e. The second-order valence-corrected chi connectivity index (χ2v) is 11.1. The molecule has 0 bridgehead atoms. The average molecular weight is 544 g/mol. The summed E-state index contributed by atoms with van der Waals surface area (Å²) in [6, 6.07) is 11.8. The van der Waals surface area contributed by atoms with E-state index in [9.17, 15) is 9.59 Å². The summed E-state index contributed by atoms with van der Waals surface area (Å²) in [5, 5.41) is 7.90. The summed E-state index contributed by atoms with van der Waals surface area (Å²) in [5.41, 5.74) is 4.46. The first-order chi connectivity index (χ1) is 19.5. The molecular formula is C30H37N7O3. The number of nitrogens with zero attached hydrogens (tertiary/aromatic N) is 6. The fourth-order valence-corrected chi connectivity index (χ4v) is 5.89. The number of rotatable bonds is 6. The second-order valence-electron chi connectivity index (χ2n) is 11.1. The maximum atomic E-state index is 13.1. The van der Waals surface area contributed by atoms with E-state index in [4.69, 9.17) is 9.72 Å². The van der Waals surface area contributed by atoms with E-state index in [0.29, 0.717) is 37.8 Å². The van der Waals surface area contributed by atoms with Crippen molar-refractivity contribution in [3.8, 4) is 0 Å². The van der Waals surface area contributed by atoms with Crippen LogP contribution in [0.4, 0.5) is 11.6 Å². The zero-order valence-corrected chi connectivity index (χ0v) is 23.3. The number of benzene rings is 1. The molecule has 10 nitrogen and oxygen atoms in total. The minimum absolute atomic E-state index is 0.00390. The molecule has 6 rings (SSSR count). The van der Waals surface area contributed by atoms with Crippen LogP contribution in [0.15, 0.2) is 48.7 Å². The van der Waals surface area contributed by atoms with Gasteiger partial charge in [0.15, 0.2) is 5.65 Å². The van der Waals surface area contributed by atoms with E-state index in [1.54, 1.807) is 4.52 Å². The number of likely N-dealkylation sites (tertiary alicyclic amines) is 1. The lowest BCUT2D eigenvalue weighted by atomic mass is 9.99. The van der Waals surface area contributed by atoms with Gasteiger partial charge >= 0.3 is 0 Å². The molecule has 1 N–H and O–H groups in total. The van der Waals surface area contributed by atoms with Crippen molar-refractivity contribution < 1.29 is 14.3 Å². The molecule has 2 saturated heterocycles. The third kappa shape index (κ3) is 5.46. The van der Waals surface area contributed by atoms with Crippen LogP contribution in [0.2, 0.25) is 0 Å². The Hall–Kier alpha value is -3.76. The molecule has 1 unspecified atom stereocenters. The molecule has 2 amide bonds. The highest BCUT2D eigenvalue weighted by molar-refractivity contribution is 5.94. The van der Waals surface area contributed by atoms with Gasteiger partial charge in [0.25, 0.3) is 5.91 Å². The SMILES string of the molecule is CN1CCC(N(C)C(=O)c2ccc(Nc3nc4c(C5=CCN(C(=O)C6CCOC6)CC5)cccn4n3)cc2)CC1. The molecule has 0 aliphatic carbocycles. The van der Waals surface area contributed by atoms with E-state index in [1.807, 2.05) is 53.4 Å².